The lowest BCUT2D eigenvalue weighted by atomic mass is 9.90. The van der Waals surface area contributed by atoms with Crippen LogP contribution in [0.4, 0.5) is 0 Å². The lowest BCUT2D eigenvalue weighted by Crippen LogP contribution is -2.30. The largest absolute Gasteiger partial charge is 0.306 e. The minimum absolute atomic E-state index is 0.911. The quantitative estimate of drug-likeness (QED) is 0.756. The van der Waals surface area contributed by atoms with E-state index >= 15 is 0 Å². The van der Waals surface area contributed by atoms with Gasteiger partial charge in [0.05, 0.1) is 0 Å². The zero-order valence-corrected chi connectivity index (χ0v) is 16.8. The van der Waals surface area contributed by atoms with Crippen LogP contribution < -0.4 is 0 Å². The van der Waals surface area contributed by atoms with Crippen molar-refractivity contribution < 1.29 is 0 Å². The van der Waals surface area contributed by atoms with Crippen molar-refractivity contribution in [2.24, 2.45) is 11.8 Å². The molecule has 0 atom stereocenters. The van der Waals surface area contributed by atoms with Crippen LogP contribution in [0, 0.1) is 11.8 Å². The van der Waals surface area contributed by atoms with Gasteiger partial charge >= 0.3 is 0 Å². The third kappa shape index (κ3) is 8.84. The third-order valence-corrected chi connectivity index (χ3v) is 5.21. The molecule has 0 radical (unpaired) electrons. The molecule has 0 spiro atoms. The van der Waals surface area contributed by atoms with Crippen molar-refractivity contribution in [3.8, 4) is 0 Å². The average Bonchev–Trinajstić information content (AvgIpc) is 2.63. The van der Waals surface area contributed by atoms with Gasteiger partial charge in [0.25, 0.3) is 0 Å². The molecule has 1 aromatic carbocycles. The van der Waals surface area contributed by atoms with Crippen LogP contribution in [0.2, 0.25) is 0 Å². The van der Waals surface area contributed by atoms with Gasteiger partial charge in [-0.1, -0.05) is 51.1 Å². The molecule has 2 aliphatic rings. The molecule has 0 saturated carbocycles. The molecule has 2 nitrogen and oxygen atoms in total. The lowest BCUT2D eigenvalue weighted by molar-refractivity contribution is 0.219. The summed E-state index contributed by atoms with van der Waals surface area (Å²) in [6.07, 6.45) is 6.80. The molecule has 2 saturated heterocycles. The van der Waals surface area contributed by atoms with Crippen LogP contribution in [-0.2, 0) is 6.42 Å². The Labute approximate surface area is 151 Å². The van der Waals surface area contributed by atoms with E-state index in [1.807, 2.05) is 13.8 Å². The summed E-state index contributed by atoms with van der Waals surface area (Å²) in [5.74, 6) is 1.89. The van der Waals surface area contributed by atoms with Gasteiger partial charge in [-0.15, -0.1) is 0 Å². The number of nitrogens with zero attached hydrogens (tertiary/aromatic N) is 2. The molecular weight excluding hydrogens is 292 g/mol. The van der Waals surface area contributed by atoms with Gasteiger partial charge in [-0.2, -0.15) is 0 Å². The number of piperidine rings is 2. The first kappa shape index (κ1) is 21.2. The van der Waals surface area contributed by atoms with Crippen LogP contribution in [0.1, 0.15) is 52.0 Å². The Kier molecular flexibility index (Phi) is 11.0. The summed E-state index contributed by atoms with van der Waals surface area (Å²) in [7, 11) is 4.42. The predicted octanol–water partition coefficient (Wildman–Crippen LogP) is 4.95. The predicted molar refractivity (Wildman–Crippen MR) is 108 cm³/mol. The highest BCUT2D eigenvalue weighted by atomic mass is 15.1. The normalized spacial score (nSPS) is 20.5. The minimum Gasteiger partial charge on any atom is -0.306 e. The second-order valence-electron chi connectivity index (χ2n) is 7.42. The van der Waals surface area contributed by atoms with Crippen molar-refractivity contribution in [3.05, 3.63) is 35.9 Å². The summed E-state index contributed by atoms with van der Waals surface area (Å²) in [5, 5.41) is 0. The molecule has 2 fully saturated rings. The van der Waals surface area contributed by atoms with E-state index in [-0.39, 0.29) is 0 Å². The zero-order chi connectivity index (χ0) is 17.8. The highest BCUT2D eigenvalue weighted by Gasteiger charge is 2.16. The van der Waals surface area contributed by atoms with Crippen LogP contribution in [-0.4, -0.2) is 50.1 Å². The number of hydrogen-bond acceptors (Lipinski definition) is 2. The first-order chi connectivity index (χ1) is 11.6. The fourth-order valence-corrected chi connectivity index (χ4v) is 3.35. The SMILES string of the molecule is CC.CC1CCN(C)CC1.CN1CCC(Cc2ccccc2)CC1. The summed E-state index contributed by atoms with van der Waals surface area (Å²) in [5.41, 5.74) is 1.50. The second-order valence-corrected chi connectivity index (χ2v) is 7.42. The molecule has 3 rings (SSSR count). The fraction of sp³-hybridized carbons (Fsp3) is 0.727. The maximum absolute atomic E-state index is 2.43. The van der Waals surface area contributed by atoms with Crippen molar-refractivity contribution in [1.29, 1.82) is 0 Å². The summed E-state index contributed by atoms with van der Waals surface area (Å²) in [6, 6.07) is 10.9. The maximum Gasteiger partial charge on any atom is -0.00190 e. The van der Waals surface area contributed by atoms with Crippen molar-refractivity contribution in [2.75, 3.05) is 40.3 Å². The number of likely N-dealkylation sites (tertiary alicyclic amines) is 2. The van der Waals surface area contributed by atoms with E-state index in [4.69, 9.17) is 0 Å². The Bertz CT molecular complexity index is 378. The first-order valence-electron chi connectivity index (χ1n) is 10.0. The molecular formula is C22H40N2. The Morgan fingerprint density at radius 1 is 0.792 bits per heavy atom. The van der Waals surface area contributed by atoms with Crippen LogP contribution in [0.5, 0.6) is 0 Å². The average molecular weight is 333 g/mol. The van der Waals surface area contributed by atoms with E-state index < -0.39 is 0 Å². The van der Waals surface area contributed by atoms with E-state index in [0.717, 1.165) is 11.8 Å². The van der Waals surface area contributed by atoms with Gasteiger partial charge < -0.3 is 9.80 Å². The zero-order valence-electron chi connectivity index (χ0n) is 16.8. The molecule has 1 aromatic rings. The Morgan fingerprint density at radius 2 is 1.25 bits per heavy atom. The van der Waals surface area contributed by atoms with Crippen molar-refractivity contribution in [2.45, 2.75) is 52.9 Å². The standard InChI is InChI=1S/C13H19N.C7H15N.C2H6/c1-14-9-7-13(8-10-14)11-12-5-3-2-4-6-12;1-7-3-5-8(2)6-4-7;1-2/h2-6,13H,7-11H2,1H3;7H,3-6H2,1-2H3;1-2H3. The van der Waals surface area contributed by atoms with Gasteiger partial charge in [-0.05, 0) is 89.8 Å². The molecule has 0 amide bonds. The third-order valence-electron chi connectivity index (χ3n) is 5.21. The summed E-state index contributed by atoms with van der Waals surface area (Å²) in [4.78, 5) is 4.83. The van der Waals surface area contributed by atoms with Crippen LogP contribution in [0.3, 0.4) is 0 Å². The van der Waals surface area contributed by atoms with Gasteiger partial charge in [0.1, 0.15) is 0 Å². The smallest absolute Gasteiger partial charge is 0.00190 e. The topological polar surface area (TPSA) is 6.48 Å². The molecule has 2 heterocycles. The molecule has 0 N–H and O–H groups in total. The molecule has 0 unspecified atom stereocenters. The van der Waals surface area contributed by atoms with Gasteiger partial charge in [-0.25, -0.2) is 0 Å². The molecule has 0 aliphatic carbocycles. The van der Waals surface area contributed by atoms with E-state index in [1.165, 1.54) is 63.8 Å². The molecule has 138 valence electrons. The monoisotopic (exact) mass is 332 g/mol. The highest BCUT2D eigenvalue weighted by molar-refractivity contribution is 5.15. The molecule has 0 bridgehead atoms. The van der Waals surface area contributed by atoms with E-state index in [0.29, 0.717) is 0 Å². The van der Waals surface area contributed by atoms with Crippen LogP contribution in [0.25, 0.3) is 0 Å². The molecule has 2 heteroatoms. The van der Waals surface area contributed by atoms with Gasteiger partial charge in [0.2, 0.25) is 0 Å². The number of hydrogen-bond donors (Lipinski definition) is 0. The second kappa shape index (κ2) is 12.5. The van der Waals surface area contributed by atoms with Crippen molar-refractivity contribution in [3.63, 3.8) is 0 Å². The van der Waals surface area contributed by atoms with Crippen LogP contribution >= 0.6 is 0 Å². The van der Waals surface area contributed by atoms with Crippen molar-refractivity contribution >= 4 is 0 Å². The summed E-state index contributed by atoms with van der Waals surface area (Å²) < 4.78 is 0. The fourth-order valence-electron chi connectivity index (χ4n) is 3.35. The van der Waals surface area contributed by atoms with Crippen LogP contribution in [0.15, 0.2) is 30.3 Å². The van der Waals surface area contributed by atoms with E-state index in [1.54, 1.807) is 0 Å². The Balaban J connectivity index is 0.000000245. The lowest BCUT2D eigenvalue weighted by Gasteiger charge is -2.28. The first-order valence-corrected chi connectivity index (χ1v) is 10.0. The molecule has 24 heavy (non-hydrogen) atoms. The van der Waals surface area contributed by atoms with E-state index in [2.05, 4.69) is 61.2 Å². The Morgan fingerprint density at radius 3 is 1.71 bits per heavy atom. The van der Waals surface area contributed by atoms with E-state index in [9.17, 15) is 0 Å². The highest BCUT2D eigenvalue weighted by Crippen LogP contribution is 2.20. The summed E-state index contributed by atoms with van der Waals surface area (Å²) in [6.45, 7) is 11.5. The van der Waals surface area contributed by atoms with Gasteiger partial charge in [0.15, 0.2) is 0 Å². The molecule has 0 aromatic heterocycles. The Hall–Kier alpha value is -0.860. The number of rotatable bonds is 2. The molecule has 2 aliphatic heterocycles. The minimum atomic E-state index is 0.911. The van der Waals surface area contributed by atoms with Crippen molar-refractivity contribution in [1.82, 2.24) is 9.80 Å². The summed E-state index contributed by atoms with van der Waals surface area (Å²) >= 11 is 0. The van der Waals surface area contributed by atoms with Gasteiger partial charge in [0, 0.05) is 0 Å². The van der Waals surface area contributed by atoms with Gasteiger partial charge in [-0.3, -0.25) is 0 Å². The maximum atomic E-state index is 2.43. The number of benzene rings is 1.